The summed E-state index contributed by atoms with van der Waals surface area (Å²) in [5.41, 5.74) is 3.01. The zero-order valence-corrected chi connectivity index (χ0v) is 21.1. The van der Waals surface area contributed by atoms with Gasteiger partial charge in [-0.3, -0.25) is 14.6 Å². The van der Waals surface area contributed by atoms with Crippen LogP contribution in [0.5, 0.6) is 0 Å². The van der Waals surface area contributed by atoms with Gasteiger partial charge in [0.1, 0.15) is 11.4 Å². The second-order valence-corrected chi connectivity index (χ2v) is 10.3. The topological polar surface area (TPSA) is 78.7 Å². The van der Waals surface area contributed by atoms with Crippen LogP contribution in [0, 0.1) is 11.9 Å². The Balaban J connectivity index is 1.24. The number of benzene rings is 1. The lowest BCUT2D eigenvalue weighted by molar-refractivity contribution is 0.0866. The quantitative estimate of drug-likeness (QED) is 0.490. The largest absolute Gasteiger partial charge is 0.340 e. The Morgan fingerprint density at radius 3 is 2.76 bits per heavy atom. The number of anilines is 3. The lowest BCUT2D eigenvalue weighted by atomic mass is 9.95. The van der Waals surface area contributed by atoms with Gasteiger partial charge in [-0.1, -0.05) is 42.5 Å². The summed E-state index contributed by atoms with van der Waals surface area (Å²) < 4.78 is 15.6. The zero-order chi connectivity index (χ0) is 25.8. The van der Waals surface area contributed by atoms with E-state index in [2.05, 4.69) is 27.4 Å². The van der Waals surface area contributed by atoms with E-state index in [0.717, 1.165) is 36.9 Å². The van der Waals surface area contributed by atoms with E-state index in [9.17, 15) is 9.18 Å². The molecule has 9 heteroatoms. The number of amides is 1. The number of guanidine groups is 1. The average molecular weight is 510 g/mol. The van der Waals surface area contributed by atoms with Crippen LogP contribution >= 0.6 is 0 Å². The molecule has 1 N–H and O–H groups in total. The molecule has 0 saturated heterocycles. The van der Waals surface area contributed by atoms with Gasteiger partial charge in [-0.2, -0.15) is 9.49 Å². The zero-order valence-electron chi connectivity index (χ0n) is 21.1. The van der Waals surface area contributed by atoms with E-state index in [4.69, 9.17) is 10.1 Å². The molecule has 1 aromatic carbocycles. The number of fused-ring (bicyclic) bond motifs is 5. The van der Waals surface area contributed by atoms with Gasteiger partial charge in [-0.15, -0.1) is 0 Å². The van der Waals surface area contributed by atoms with Crippen LogP contribution in [-0.4, -0.2) is 50.7 Å². The van der Waals surface area contributed by atoms with Crippen molar-refractivity contribution < 1.29 is 9.18 Å². The van der Waals surface area contributed by atoms with Gasteiger partial charge >= 0.3 is 0 Å². The molecule has 192 valence electrons. The molecule has 1 fully saturated rings. The lowest BCUT2D eigenvalue weighted by Gasteiger charge is -2.34. The fourth-order valence-electron chi connectivity index (χ4n) is 6.00. The third kappa shape index (κ3) is 3.72. The van der Waals surface area contributed by atoms with Crippen molar-refractivity contribution >= 4 is 34.8 Å². The summed E-state index contributed by atoms with van der Waals surface area (Å²) in [5.74, 6) is 1.67. The van der Waals surface area contributed by atoms with Gasteiger partial charge < -0.3 is 5.32 Å². The highest BCUT2D eigenvalue weighted by Crippen LogP contribution is 2.43. The van der Waals surface area contributed by atoms with Crippen LogP contribution in [0.2, 0.25) is 0 Å². The highest BCUT2D eigenvalue weighted by atomic mass is 19.1. The minimum absolute atomic E-state index is 0.0989. The fourth-order valence-corrected chi connectivity index (χ4v) is 6.00. The van der Waals surface area contributed by atoms with Crippen molar-refractivity contribution in [2.45, 2.75) is 44.3 Å². The van der Waals surface area contributed by atoms with E-state index >= 15 is 0 Å². The predicted molar refractivity (Wildman–Crippen MR) is 145 cm³/mol. The van der Waals surface area contributed by atoms with Crippen molar-refractivity contribution in [2.24, 2.45) is 10.9 Å². The molecule has 0 bridgehead atoms. The van der Waals surface area contributed by atoms with Crippen LogP contribution in [-0.2, 0) is 6.54 Å². The van der Waals surface area contributed by atoms with Gasteiger partial charge in [0.05, 0.1) is 17.8 Å². The number of halogens is 1. The van der Waals surface area contributed by atoms with E-state index in [1.54, 1.807) is 18.0 Å². The molecule has 1 saturated carbocycles. The second-order valence-electron chi connectivity index (χ2n) is 10.3. The third-order valence-corrected chi connectivity index (χ3v) is 7.90. The minimum atomic E-state index is -0.485. The van der Waals surface area contributed by atoms with Gasteiger partial charge in [0.25, 0.3) is 5.91 Å². The molecule has 0 spiro atoms. The summed E-state index contributed by atoms with van der Waals surface area (Å²) in [4.78, 5) is 26.5. The number of aliphatic imine (C=N–C) groups is 1. The Kier molecular flexibility index (Phi) is 5.38. The maximum Gasteiger partial charge on any atom is 0.267 e. The van der Waals surface area contributed by atoms with Crippen molar-refractivity contribution in [1.29, 1.82) is 0 Å². The molecule has 0 radical (unpaired) electrons. The van der Waals surface area contributed by atoms with Gasteiger partial charge in [0.15, 0.2) is 5.82 Å². The first-order valence-electron chi connectivity index (χ1n) is 13.2. The molecule has 1 amide bonds. The molecule has 2 aromatic heterocycles. The van der Waals surface area contributed by atoms with Crippen LogP contribution in [0.1, 0.15) is 41.7 Å². The number of allylic oxidation sites excluding steroid dienone is 4. The molecule has 2 aliphatic heterocycles. The first-order chi connectivity index (χ1) is 18.6. The number of aromatic nitrogens is 3. The van der Waals surface area contributed by atoms with E-state index in [0.29, 0.717) is 35.4 Å². The van der Waals surface area contributed by atoms with Crippen LogP contribution in [0.15, 0.2) is 71.8 Å². The van der Waals surface area contributed by atoms with Crippen molar-refractivity contribution in [3.05, 3.63) is 84.0 Å². The normalized spacial score (nSPS) is 23.6. The Morgan fingerprint density at radius 1 is 1.11 bits per heavy atom. The number of nitrogens with one attached hydrogen (secondary N) is 1. The molecular formula is C29H28FN7O. The van der Waals surface area contributed by atoms with Crippen LogP contribution < -0.4 is 10.2 Å². The molecule has 4 heterocycles. The van der Waals surface area contributed by atoms with Crippen molar-refractivity contribution in [3.8, 4) is 0 Å². The molecule has 38 heavy (non-hydrogen) atoms. The summed E-state index contributed by atoms with van der Waals surface area (Å²) in [6.07, 6.45) is 10.2. The van der Waals surface area contributed by atoms with E-state index < -0.39 is 5.95 Å². The monoisotopic (exact) mass is 509 g/mol. The number of carbonyl (C=O) groups excluding carboxylic acids is 1. The average Bonchev–Trinajstić information content (AvgIpc) is 3.62. The second kappa shape index (κ2) is 8.93. The summed E-state index contributed by atoms with van der Waals surface area (Å²) in [5, 5.41) is 8.55. The number of hydrogen-bond acceptors (Lipinski definition) is 6. The Labute approximate surface area is 220 Å². The summed E-state index contributed by atoms with van der Waals surface area (Å²) in [7, 11) is 1.80. The van der Waals surface area contributed by atoms with Crippen LogP contribution in [0.4, 0.5) is 21.7 Å². The summed E-state index contributed by atoms with van der Waals surface area (Å²) in [6, 6.07) is 15.2. The SMILES string of the molecule is CN1C(=O)c2c(nn(CC3C=CC(c4cccc(F)n4)=CC3)c2Nc2ccccc2)N2C1=N[C@@H]1CCC[C@@H]12. The Morgan fingerprint density at radius 2 is 1.97 bits per heavy atom. The first kappa shape index (κ1) is 22.9. The van der Waals surface area contributed by atoms with Crippen LogP contribution in [0.25, 0.3) is 5.57 Å². The van der Waals surface area contributed by atoms with Crippen LogP contribution in [0.3, 0.4) is 0 Å². The highest BCUT2D eigenvalue weighted by molar-refractivity contribution is 6.21. The number of para-hydroxylation sites is 1. The molecule has 3 aromatic rings. The van der Waals surface area contributed by atoms with Gasteiger partial charge in [0, 0.05) is 25.2 Å². The molecule has 7 rings (SSSR count). The lowest BCUT2D eigenvalue weighted by Crippen LogP contribution is -2.51. The Bertz CT molecular complexity index is 1510. The number of rotatable bonds is 5. The molecule has 1 unspecified atom stereocenters. The van der Waals surface area contributed by atoms with Crippen molar-refractivity contribution in [3.63, 3.8) is 0 Å². The maximum absolute atomic E-state index is 13.7. The smallest absolute Gasteiger partial charge is 0.267 e. The number of pyridine rings is 1. The van der Waals surface area contributed by atoms with Gasteiger partial charge in [0.2, 0.25) is 11.9 Å². The summed E-state index contributed by atoms with van der Waals surface area (Å²) >= 11 is 0. The molecule has 8 nitrogen and oxygen atoms in total. The number of nitrogens with zero attached hydrogens (tertiary/aromatic N) is 6. The maximum atomic E-state index is 13.7. The molecule has 3 atom stereocenters. The van der Waals surface area contributed by atoms with Gasteiger partial charge in [-0.25, -0.2) is 14.7 Å². The standard InChI is InChI=1S/C29H28FN7O/c1-35-28(38)25-26(31-20-7-3-2-4-8-20)36(34-27(25)37-23-11-5-10-22(23)33-29(35)37)17-18-13-15-19(16-14-18)21-9-6-12-24(30)32-21/h2-4,6-9,12-13,15-16,18,22-23,31H,5,10-11,14,17H2,1H3/t18?,22-,23+/m1/s1. The van der Waals surface area contributed by atoms with E-state index in [-0.39, 0.29) is 23.9 Å². The molecular weight excluding hydrogens is 481 g/mol. The van der Waals surface area contributed by atoms with Gasteiger partial charge in [-0.05, 0) is 55.5 Å². The molecule has 2 aliphatic carbocycles. The van der Waals surface area contributed by atoms with Crippen molar-refractivity contribution in [1.82, 2.24) is 19.7 Å². The predicted octanol–water partition coefficient (Wildman–Crippen LogP) is 5.00. The first-order valence-corrected chi connectivity index (χ1v) is 13.2. The van der Waals surface area contributed by atoms with E-state index in [1.165, 1.54) is 6.07 Å². The number of hydrogen-bond donors (Lipinski definition) is 1. The minimum Gasteiger partial charge on any atom is -0.340 e. The summed E-state index contributed by atoms with van der Waals surface area (Å²) in [6.45, 7) is 0.588. The highest BCUT2D eigenvalue weighted by Gasteiger charge is 2.49. The third-order valence-electron chi connectivity index (χ3n) is 7.90. The van der Waals surface area contributed by atoms with E-state index in [1.807, 2.05) is 47.2 Å². The molecule has 4 aliphatic rings. The number of carbonyl (C=O) groups is 1. The Hall–Kier alpha value is -4.27. The van der Waals surface area contributed by atoms with Crippen molar-refractivity contribution in [2.75, 3.05) is 17.3 Å². The fraction of sp³-hybridized carbons (Fsp3) is 0.310.